The molecule has 0 amide bonds. The molecule has 0 saturated heterocycles. The number of hydrogen-bond acceptors (Lipinski definition) is 2. The van der Waals surface area contributed by atoms with Crippen molar-refractivity contribution >= 4 is 33.2 Å². The Morgan fingerprint density at radius 2 is 2.11 bits per heavy atom. The molecule has 0 N–H and O–H groups in total. The lowest BCUT2D eigenvalue weighted by Crippen LogP contribution is -2.21. The van der Waals surface area contributed by atoms with E-state index in [1.807, 2.05) is 6.07 Å². The van der Waals surface area contributed by atoms with E-state index in [-0.39, 0.29) is 16.0 Å². The van der Waals surface area contributed by atoms with Crippen LogP contribution in [0.15, 0.2) is 22.7 Å². The molecular formula is C13H15BrClNO2. The van der Waals surface area contributed by atoms with Crippen LogP contribution in [0, 0.1) is 16.0 Å². The van der Waals surface area contributed by atoms with Crippen molar-refractivity contribution in [3.8, 4) is 0 Å². The molecule has 0 spiro atoms. The molecule has 0 aliphatic heterocycles. The van der Waals surface area contributed by atoms with Gasteiger partial charge in [0, 0.05) is 11.4 Å². The van der Waals surface area contributed by atoms with Gasteiger partial charge >= 0.3 is 0 Å². The topological polar surface area (TPSA) is 43.1 Å². The first-order chi connectivity index (χ1) is 8.59. The third-order valence-corrected chi connectivity index (χ3v) is 5.04. The maximum atomic E-state index is 10.9. The molecule has 18 heavy (non-hydrogen) atoms. The molecule has 1 aliphatic rings. The standard InChI is InChI=1S/C13H15BrClNO2/c14-13-10(5-3-7-12(13)16(17)18)8-9-4-1-2-6-11(9)15/h3,5,7,9,11H,1-2,4,6,8H2. The molecule has 0 heterocycles. The molecule has 1 aromatic carbocycles. The van der Waals surface area contributed by atoms with E-state index in [1.165, 1.54) is 18.9 Å². The van der Waals surface area contributed by atoms with Crippen LogP contribution in [0.25, 0.3) is 0 Å². The molecule has 1 aromatic rings. The fraction of sp³-hybridized carbons (Fsp3) is 0.538. The summed E-state index contributed by atoms with van der Waals surface area (Å²) >= 11 is 9.68. The lowest BCUT2D eigenvalue weighted by molar-refractivity contribution is -0.385. The van der Waals surface area contributed by atoms with Gasteiger partial charge in [-0.2, -0.15) is 0 Å². The summed E-state index contributed by atoms with van der Waals surface area (Å²) in [4.78, 5) is 10.5. The Morgan fingerprint density at radius 1 is 1.39 bits per heavy atom. The first-order valence-corrected chi connectivity index (χ1v) is 7.38. The van der Waals surface area contributed by atoms with Gasteiger partial charge < -0.3 is 0 Å². The Labute approximate surface area is 120 Å². The first-order valence-electron chi connectivity index (χ1n) is 6.15. The fourth-order valence-electron chi connectivity index (χ4n) is 2.54. The maximum Gasteiger partial charge on any atom is 0.283 e. The van der Waals surface area contributed by atoms with Crippen molar-refractivity contribution in [3.05, 3.63) is 38.3 Å². The van der Waals surface area contributed by atoms with E-state index < -0.39 is 0 Å². The maximum absolute atomic E-state index is 10.9. The zero-order valence-electron chi connectivity index (χ0n) is 9.94. The smallest absolute Gasteiger partial charge is 0.258 e. The third kappa shape index (κ3) is 3.04. The quantitative estimate of drug-likeness (QED) is 0.457. The van der Waals surface area contributed by atoms with Crippen LogP contribution in [-0.4, -0.2) is 10.3 Å². The van der Waals surface area contributed by atoms with E-state index >= 15 is 0 Å². The summed E-state index contributed by atoms with van der Waals surface area (Å²) in [6, 6.07) is 5.20. The number of nitro groups is 1. The molecule has 98 valence electrons. The summed E-state index contributed by atoms with van der Waals surface area (Å²) in [5, 5.41) is 11.1. The van der Waals surface area contributed by atoms with Gasteiger partial charge in [-0.3, -0.25) is 10.1 Å². The number of benzene rings is 1. The van der Waals surface area contributed by atoms with Gasteiger partial charge in [0.05, 0.1) is 9.40 Å². The number of nitrogens with zero attached hydrogens (tertiary/aromatic N) is 1. The Hall–Kier alpha value is -0.610. The molecule has 0 aromatic heterocycles. The second-order valence-electron chi connectivity index (χ2n) is 4.77. The van der Waals surface area contributed by atoms with Crippen LogP contribution in [0.2, 0.25) is 0 Å². The molecule has 1 aliphatic carbocycles. The summed E-state index contributed by atoms with van der Waals surface area (Å²) in [5.41, 5.74) is 1.12. The average Bonchev–Trinajstić information content (AvgIpc) is 2.34. The lowest BCUT2D eigenvalue weighted by Gasteiger charge is -2.27. The Kier molecular flexibility index (Phi) is 4.62. The van der Waals surface area contributed by atoms with Crippen LogP contribution in [-0.2, 0) is 6.42 Å². The predicted octanol–water partition coefficient (Wildman–Crippen LogP) is 4.70. The highest BCUT2D eigenvalue weighted by Gasteiger charge is 2.25. The van der Waals surface area contributed by atoms with E-state index in [1.54, 1.807) is 6.07 Å². The normalized spacial score (nSPS) is 23.9. The Bertz CT molecular complexity index is 453. The van der Waals surface area contributed by atoms with Gasteiger partial charge in [-0.05, 0) is 46.7 Å². The Morgan fingerprint density at radius 3 is 2.78 bits per heavy atom. The van der Waals surface area contributed by atoms with Gasteiger partial charge in [-0.15, -0.1) is 11.6 Å². The molecule has 2 rings (SSSR count). The van der Waals surface area contributed by atoms with Gasteiger partial charge in [0.25, 0.3) is 5.69 Å². The molecule has 2 atom stereocenters. The number of rotatable bonds is 3. The SMILES string of the molecule is O=[N+]([O-])c1cccc(CC2CCCCC2Cl)c1Br. The van der Waals surface area contributed by atoms with Crippen LogP contribution in [0.3, 0.4) is 0 Å². The van der Waals surface area contributed by atoms with E-state index in [9.17, 15) is 10.1 Å². The second kappa shape index (κ2) is 6.02. The van der Waals surface area contributed by atoms with E-state index in [4.69, 9.17) is 11.6 Å². The van der Waals surface area contributed by atoms with E-state index in [0.29, 0.717) is 10.4 Å². The van der Waals surface area contributed by atoms with E-state index in [2.05, 4.69) is 15.9 Å². The minimum atomic E-state index is -0.355. The molecule has 0 radical (unpaired) electrons. The average molecular weight is 333 g/mol. The molecule has 1 fully saturated rings. The first kappa shape index (κ1) is 13.8. The highest BCUT2D eigenvalue weighted by atomic mass is 79.9. The van der Waals surface area contributed by atoms with Crippen molar-refractivity contribution in [1.82, 2.24) is 0 Å². The zero-order chi connectivity index (χ0) is 13.1. The van der Waals surface area contributed by atoms with Crippen LogP contribution in [0.1, 0.15) is 31.2 Å². The molecular weight excluding hydrogens is 318 g/mol. The number of nitro benzene ring substituents is 1. The number of hydrogen-bond donors (Lipinski definition) is 0. The number of halogens is 2. The summed E-state index contributed by atoms with van der Waals surface area (Å²) in [7, 11) is 0. The summed E-state index contributed by atoms with van der Waals surface area (Å²) in [6.45, 7) is 0. The van der Waals surface area contributed by atoms with Crippen molar-refractivity contribution in [2.45, 2.75) is 37.5 Å². The van der Waals surface area contributed by atoms with Crippen LogP contribution >= 0.6 is 27.5 Å². The fourth-order valence-corrected chi connectivity index (χ4v) is 3.48. The van der Waals surface area contributed by atoms with Gasteiger partial charge in [-0.1, -0.05) is 25.0 Å². The minimum Gasteiger partial charge on any atom is -0.258 e. The summed E-state index contributed by atoms with van der Waals surface area (Å²) < 4.78 is 0.601. The third-order valence-electron chi connectivity index (χ3n) is 3.55. The molecule has 0 bridgehead atoms. The van der Waals surface area contributed by atoms with Crippen LogP contribution in [0.5, 0.6) is 0 Å². The van der Waals surface area contributed by atoms with Crippen LogP contribution in [0.4, 0.5) is 5.69 Å². The molecule has 5 heteroatoms. The van der Waals surface area contributed by atoms with E-state index in [0.717, 1.165) is 24.8 Å². The van der Waals surface area contributed by atoms with Gasteiger partial charge in [0.2, 0.25) is 0 Å². The van der Waals surface area contributed by atoms with Crippen molar-refractivity contribution in [2.75, 3.05) is 0 Å². The van der Waals surface area contributed by atoms with Gasteiger partial charge in [0.1, 0.15) is 0 Å². The summed E-state index contributed by atoms with van der Waals surface area (Å²) in [6.07, 6.45) is 5.39. The molecule has 3 nitrogen and oxygen atoms in total. The molecule has 2 unspecified atom stereocenters. The number of alkyl halides is 1. The summed E-state index contributed by atoms with van der Waals surface area (Å²) in [5.74, 6) is 0.429. The Balaban J connectivity index is 2.18. The monoisotopic (exact) mass is 331 g/mol. The molecule has 1 saturated carbocycles. The highest BCUT2D eigenvalue weighted by Crippen LogP contribution is 2.35. The van der Waals surface area contributed by atoms with Crippen molar-refractivity contribution in [1.29, 1.82) is 0 Å². The van der Waals surface area contributed by atoms with Crippen molar-refractivity contribution < 1.29 is 4.92 Å². The van der Waals surface area contributed by atoms with Gasteiger partial charge in [-0.25, -0.2) is 0 Å². The minimum absolute atomic E-state index is 0.134. The van der Waals surface area contributed by atoms with Crippen molar-refractivity contribution in [2.24, 2.45) is 5.92 Å². The van der Waals surface area contributed by atoms with Crippen LogP contribution < -0.4 is 0 Å². The largest absolute Gasteiger partial charge is 0.283 e. The lowest BCUT2D eigenvalue weighted by atomic mass is 9.84. The zero-order valence-corrected chi connectivity index (χ0v) is 12.3. The second-order valence-corrected chi connectivity index (χ2v) is 6.13. The highest BCUT2D eigenvalue weighted by molar-refractivity contribution is 9.10. The van der Waals surface area contributed by atoms with Gasteiger partial charge in [0.15, 0.2) is 0 Å². The van der Waals surface area contributed by atoms with Crippen molar-refractivity contribution in [3.63, 3.8) is 0 Å². The predicted molar refractivity (Wildman–Crippen MR) is 76.1 cm³/mol.